The van der Waals surface area contributed by atoms with Crippen molar-refractivity contribution >= 4 is 29.5 Å². The molecule has 0 aromatic heterocycles. The molecule has 4 aliphatic heterocycles. The Morgan fingerprint density at radius 1 is 0.765 bits per heavy atom. The first kappa shape index (κ1) is 44.4. The predicted molar refractivity (Wildman–Crippen MR) is 253 cm³/mol. The van der Waals surface area contributed by atoms with Gasteiger partial charge in [-0.1, -0.05) is 121 Å². The number of aliphatic hydroxyl groups excluding tert-OH is 1. The molecule has 0 aliphatic carbocycles. The highest BCUT2D eigenvalue weighted by molar-refractivity contribution is 6.24. The summed E-state index contributed by atoms with van der Waals surface area (Å²) >= 11 is 0. The number of morpholine rings is 1. The minimum absolute atomic E-state index is 0.0626. The van der Waals surface area contributed by atoms with Gasteiger partial charge in [-0.3, -0.25) is 19.3 Å². The van der Waals surface area contributed by atoms with Crippen LogP contribution in [0.5, 0.6) is 17.2 Å². The van der Waals surface area contributed by atoms with Crippen LogP contribution in [0.25, 0.3) is 0 Å². The maximum absolute atomic E-state index is 16.6. The smallest absolute Gasteiger partial charge is 0.329 e. The molecule has 346 valence electrons. The molecule has 0 radical (unpaired) electrons. The molecule has 68 heavy (non-hydrogen) atoms. The van der Waals surface area contributed by atoms with Crippen LogP contribution in [-0.4, -0.2) is 78.7 Å². The van der Waals surface area contributed by atoms with E-state index in [1.54, 1.807) is 49.5 Å². The zero-order chi connectivity index (χ0) is 47.1. The number of hydrogen-bond donors (Lipinski definition) is 2. The van der Waals surface area contributed by atoms with Crippen molar-refractivity contribution in [3.8, 4) is 17.2 Å². The van der Waals surface area contributed by atoms with Gasteiger partial charge in [-0.25, -0.2) is 9.69 Å². The first-order chi connectivity index (χ1) is 33.2. The van der Waals surface area contributed by atoms with Gasteiger partial charge < -0.3 is 34.3 Å². The van der Waals surface area contributed by atoms with Gasteiger partial charge in [0.05, 0.1) is 50.6 Å². The van der Waals surface area contributed by atoms with E-state index in [0.29, 0.717) is 40.5 Å². The van der Waals surface area contributed by atoms with E-state index in [9.17, 15) is 9.90 Å². The number of hydrogen-bond acceptors (Lipinski definition) is 10. The van der Waals surface area contributed by atoms with Gasteiger partial charge in [-0.2, -0.15) is 0 Å². The molecule has 4 heterocycles. The molecule has 0 unspecified atom stereocenters. The van der Waals surface area contributed by atoms with Crippen molar-refractivity contribution in [2.75, 3.05) is 38.9 Å². The van der Waals surface area contributed by atoms with Crippen molar-refractivity contribution in [1.82, 2.24) is 15.1 Å². The maximum atomic E-state index is 16.6. The first-order valence-corrected chi connectivity index (χ1v) is 22.9. The predicted octanol–water partition coefficient (Wildman–Crippen LogP) is 7.80. The van der Waals surface area contributed by atoms with E-state index >= 15 is 14.4 Å². The number of ether oxygens (including phenoxy) is 4. The van der Waals surface area contributed by atoms with Crippen molar-refractivity contribution in [2.45, 2.75) is 55.6 Å². The Bertz CT molecular complexity index is 2850. The zero-order valence-corrected chi connectivity index (χ0v) is 38.0. The summed E-state index contributed by atoms with van der Waals surface area (Å²) in [6.07, 6.45) is -0.400. The zero-order valence-electron chi connectivity index (χ0n) is 38.0. The third-order valence-electron chi connectivity index (χ3n) is 14.1. The minimum Gasteiger partial charge on any atom is -0.493 e. The number of benzene rings is 6. The summed E-state index contributed by atoms with van der Waals surface area (Å²) in [6, 6.07) is 42.5. The van der Waals surface area contributed by atoms with Crippen LogP contribution in [0.3, 0.4) is 0 Å². The summed E-state index contributed by atoms with van der Waals surface area (Å²) in [5.74, 6) is -1.59. The maximum Gasteiger partial charge on any atom is 0.329 e. The Hall–Kier alpha value is -7.48. The molecule has 2 saturated heterocycles. The number of methoxy groups -OCH3 is 2. The molecule has 10 rings (SSSR count). The number of nitrogens with one attached hydrogen (secondary N) is 1. The number of imide groups is 1. The quantitative estimate of drug-likeness (QED) is 0.124. The lowest BCUT2D eigenvalue weighted by Gasteiger charge is -2.46. The number of fused-ring (bicyclic) bond motifs is 4. The summed E-state index contributed by atoms with van der Waals surface area (Å²) in [4.78, 5) is 68.3. The lowest BCUT2D eigenvalue weighted by atomic mass is 9.65. The molecule has 1 spiro atoms. The van der Waals surface area contributed by atoms with E-state index in [4.69, 9.17) is 18.9 Å². The third-order valence-corrected chi connectivity index (χ3v) is 14.1. The van der Waals surface area contributed by atoms with Gasteiger partial charge in [0.2, 0.25) is 11.8 Å². The van der Waals surface area contributed by atoms with Crippen LogP contribution in [0.2, 0.25) is 0 Å². The normalized spacial score (nSPS) is 23.3. The summed E-state index contributed by atoms with van der Waals surface area (Å²) in [5.41, 5.74) is 3.65. The van der Waals surface area contributed by atoms with Crippen LogP contribution in [0.4, 0.5) is 10.5 Å². The number of carbonyl (C=O) groups is 4. The topological polar surface area (TPSA) is 147 Å². The molecule has 0 saturated carbocycles. The molecular formula is C55H52N4O9. The van der Waals surface area contributed by atoms with E-state index in [-0.39, 0.29) is 26.3 Å². The molecule has 4 aliphatic rings. The second-order valence-corrected chi connectivity index (χ2v) is 17.6. The lowest BCUT2D eigenvalue weighted by Crippen LogP contribution is -2.57. The average molecular weight is 913 g/mol. The van der Waals surface area contributed by atoms with Gasteiger partial charge >= 0.3 is 12.0 Å². The number of nitrogens with zero attached hydrogens (tertiary/aromatic N) is 3. The van der Waals surface area contributed by atoms with Crippen LogP contribution in [0.1, 0.15) is 70.1 Å². The standard InChI is InChI=1S/C55H52N4O9/c1-34(35-15-7-4-8-16-35)56-54(64)58-43-22-14-13-21-42(43)55(53(58)63)46(51(61)57-28-27-39-31-44(65-2)45(66-3)32-40(39)33-57)48-52(62)68-49(37-19-11-6-12-20-37)47(36-17-9-5-10-18-36)59(48)50(55)38-23-25-41(26-24-38)67-30-29-60/h4-26,31-32,34,46-50,60H,27-30,33H2,1-3H3,(H,56,64)/t34-,46-,47-,48-,49+,50+,55-/m1/s1. The molecule has 13 heteroatoms. The van der Waals surface area contributed by atoms with E-state index in [2.05, 4.69) is 5.32 Å². The number of urea groups is 1. The van der Waals surface area contributed by atoms with E-state index in [1.165, 1.54) is 4.90 Å². The van der Waals surface area contributed by atoms with Crippen LogP contribution < -0.4 is 24.4 Å². The lowest BCUT2D eigenvalue weighted by molar-refractivity contribution is -0.179. The molecule has 2 N–H and O–H groups in total. The van der Waals surface area contributed by atoms with Crippen LogP contribution in [0.15, 0.2) is 152 Å². The molecule has 4 amide bonds. The SMILES string of the molecule is COc1cc2c(cc1OC)CN(C(=O)[C@H]1[C@@H]3C(=O)O[C@@H](c4ccccc4)[C@@H](c4ccccc4)N3[C@@H](c3ccc(OCCO)cc3)[C@]13C(=O)N(C(=O)N[C@H](C)c1ccccc1)c1ccccc13)CC2. The van der Waals surface area contributed by atoms with Crippen LogP contribution >= 0.6 is 0 Å². The molecule has 2 fully saturated rings. The van der Waals surface area contributed by atoms with Crippen molar-refractivity contribution in [2.24, 2.45) is 5.92 Å². The number of rotatable bonds is 11. The summed E-state index contributed by atoms with van der Waals surface area (Å²) in [7, 11) is 3.14. The summed E-state index contributed by atoms with van der Waals surface area (Å²) < 4.78 is 23.8. The van der Waals surface area contributed by atoms with Gasteiger partial charge in [0, 0.05) is 13.1 Å². The fraction of sp³-hybridized carbons (Fsp3) is 0.273. The fourth-order valence-corrected chi connectivity index (χ4v) is 11.1. The van der Waals surface area contributed by atoms with E-state index in [1.807, 2.05) is 133 Å². The highest BCUT2D eigenvalue weighted by Crippen LogP contribution is 2.66. The molecule has 6 aromatic rings. The van der Waals surface area contributed by atoms with Crippen LogP contribution in [-0.2, 0) is 37.5 Å². The average Bonchev–Trinajstić information content (AvgIpc) is 3.84. The third kappa shape index (κ3) is 7.33. The number of cyclic esters (lactones) is 1. The second-order valence-electron chi connectivity index (χ2n) is 17.6. The van der Waals surface area contributed by atoms with Gasteiger partial charge in [-0.15, -0.1) is 0 Å². The van der Waals surface area contributed by atoms with Gasteiger partial charge in [0.15, 0.2) is 11.5 Å². The first-order valence-electron chi connectivity index (χ1n) is 22.9. The van der Waals surface area contributed by atoms with Crippen molar-refractivity contribution in [1.29, 1.82) is 0 Å². The summed E-state index contributed by atoms with van der Waals surface area (Å²) in [6.45, 7) is 2.16. The monoisotopic (exact) mass is 912 g/mol. The molecule has 0 bridgehead atoms. The minimum atomic E-state index is -1.89. The van der Waals surface area contributed by atoms with Gasteiger partial charge in [0.25, 0.3) is 0 Å². The number of anilines is 1. The Balaban J connectivity index is 1.21. The molecule has 6 aromatic carbocycles. The molecule has 13 nitrogen and oxygen atoms in total. The van der Waals surface area contributed by atoms with Gasteiger partial charge in [0.1, 0.15) is 29.9 Å². The molecule has 7 atom stereocenters. The van der Waals surface area contributed by atoms with E-state index in [0.717, 1.165) is 27.8 Å². The van der Waals surface area contributed by atoms with Gasteiger partial charge in [-0.05, 0) is 82.6 Å². The van der Waals surface area contributed by atoms with Crippen molar-refractivity contribution in [3.05, 3.63) is 191 Å². The van der Waals surface area contributed by atoms with Crippen molar-refractivity contribution < 1.29 is 43.2 Å². The highest BCUT2D eigenvalue weighted by Gasteiger charge is 2.76. The Morgan fingerprint density at radius 2 is 1.38 bits per heavy atom. The highest BCUT2D eigenvalue weighted by atomic mass is 16.6. The van der Waals surface area contributed by atoms with Crippen molar-refractivity contribution in [3.63, 3.8) is 0 Å². The Labute approximate surface area is 394 Å². The number of amides is 4. The number of carbonyl (C=O) groups excluding carboxylic acids is 4. The largest absolute Gasteiger partial charge is 0.493 e. The van der Waals surface area contributed by atoms with E-state index < -0.39 is 65.4 Å². The second kappa shape index (κ2) is 18.3. The number of aliphatic hydroxyl groups is 1. The fourth-order valence-electron chi connectivity index (χ4n) is 11.1. The Kier molecular flexibility index (Phi) is 11.9. The number of para-hydroxylation sites is 1. The number of esters is 1. The van der Waals surface area contributed by atoms with Crippen LogP contribution in [0, 0.1) is 5.92 Å². The summed E-state index contributed by atoms with van der Waals surface area (Å²) in [5, 5.41) is 12.7. The Morgan fingerprint density at radius 3 is 2.04 bits per heavy atom. The molecular weight excluding hydrogens is 861 g/mol.